The van der Waals surface area contributed by atoms with Gasteiger partial charge in [-0.25, -0.2) is 0 Å². The molecule has 2 N–H and O–H groups in total. The van der Waals surface area contributed by atoms with Crippen LogP contribution < -0.4 is 10.9 Å². The molecule has 0 saturated carbocycles. The van der Waals surface area contributed by atoms with Crippen molar-refractivity contribution in [2.45, 2.75) is 12.1 Å². The first-order valence-corrected chi connectivity index (χ1v) is 11.4. The number of benzene rings is 3. The van der Waals surface area contributed by atoms with Crippen LogP contribution in [0.3, 0.4) is 0 Å². The minimum Gasteiger partial charge on any atom is -0.272 e. The molecule has 0 radical (unpaired) electrons. The van der Waals surface area contributed by atoms with Crippen LogP contribution in [0.1, 0.15) is 15.9 Å². The number of halogens is 1. The number of aromatic nitrogens is 3. The maximum atomic E-state index is 12.4. The predicted molar refractivity (Wildman–Crippen MR) is 129 cm³/mol. The first-order valence-electron chi connectivity index (χ1n) is 10.1. The smallest absolute Gasteiger partial charge is 0.271 e. The number of carbonyl (C=O) groups excluding carboxylic acids is 2. The van der Waals surface area contributed by atoms with Crippen LogP contribution in [0.25, 0.3) is 17.1 Å². The standard InChI is InChI=1S/C24H20ClN5O2S/c1-16-11-13-18(14-12-16)30-22(17-7-3-2-4-8-17)27-29-24(30)33-15-21(31)26-28-23(32)19-9-5-6-10-20(19)25/h2-14H,15H2,1H3,(H,26,31)(H,28,32). The number of nitrogens with zero attached hydrogens (tertiary/aromatic N) is 3. The summed E-state index contributed by atoms with van der Waals surface area (Å²) in [5.74, 6) is -0.177. The van der Waals surface area contributed by atoms with Gasteiger partial charge in [-0.1, -0.05) is 83.5 Å². The van der Waals surface area contributed by atoms with Crippen molar-refractivity contribution in [1.29, 1.82) is 0 Å². The number of nitrogens with one attached hydrogen (secondary N) is 2. The van der Waals surface area contributed by atoms with E-state index in [0.717, 1.165) is 16.8 Å². The predicted octanol–water partition coefficient (Wildman–Crippen LogP) is 4.45. The van der Waals surface area contributed by atoms with Gasteiger partial charge in [-0.05, 0) is 31.2 Å². The number of hydrazine groups is 1. The lowest BCUT2D eigenvalue weighted by atomic mass is 10.2. The molecule has 9 heteroatoms. The molecule has 0 aliphatic carbocycles. The number of amides is 2. The third-order valence-electron chi connectivity index (χ3n) is 4.72. The van der Waals surface area contributed by atoms with Crippen molar-refractivity contribution in [2.24, 2.45) is 0 Å². The van der Waals surface area contributed by atoms with E-state index in [1.165, 1.54) is 11.8 Å². The number of thioether (sulfide) groups is 1. The van der Waals surface area contributed by atoms with Crippen LogP contribution in [0.4, 0.5) is 0 Å². The van der Waals surface area contributed by atoms with E-state index >= 15 is 0 Å². The number of rotatable bonds is 6. The van der Waals surface area contributed by atoms with Crippen molar-refractivity contribution >= 4 is 35.2 Å². The molecule has 4 rings (SSSR count). The Morgan fingerprint density at radius 3 is 2.33 bits per heavy atom. The summed E-state index contributed by atoms with van der Waals surface area (Å²) in [6.45, 7) is 2.02. The highest BCUT2D eigenvalue weighted by molar-refractivity contribution is 7.99. The highest BCUT2D eigenvalue weighted by Gasteiger charge is 2.18. The molecule has 0 fully saturated rings. The minimum absolute atomic E-state index is 0.0294. The summed E-state index contributed by atoms with van der Waals surface area (Å²) in [6.07, 6.45) is 0. The van der Waals surface area contributed by atoms with Crippen LogP contribution in [-0.4, -0.2) is 32.3 Å². The molecule has 1 aromatic heterocycles. The molecule has 1 heterocycles. The number of aryl methyl sites for hydroxylation is 1. The fourth-order valence-corrected chi connectivity index (χ4v) is 4.04. The average Bonchev–Trinajstić information content (AvgIpc) is 3.26. The summed E-state index contributed by atoms with van der Waals surface area (Å²) in [5.41, 5.74) is 8.00. The molecule has 166 valence electrons. The topological polar surface area (TPSA) is 88.9 Å². The molecule has 4 aromatic rings. The fraction of sp³-hybridized carbons (Fsp3) is 0.0833. The third kappa shape index (κ3) is 5.42. The SMILES string of the molecule is Cc1ccc(-n2c(SCC(=O)NNC(=O)c3ccccc3Cl)nnc2-c2ccccc2)cc1. The first kappa shape index (κ1) is 22.6. The van der Waals surface area contributed by atoms with E-state index in [2.05, 4.69) is 21.0 Å². The minimum atomic E-state index is -0.492. The molecule has 3 aromatic carbocycles. The van der Waals surface area contributed by atoms with Crippen molar-refractivity contribution in [3.8, 4) is 17.1 Å². The second-order valence-corrected chi connectivity index (χ2v) is 8.46. The molecule has 7 nitrogen and oxygen atoms in total. The zero-order valence-corrected chi connectivity index (χ0v) is 19.2. The second kappa shape index (κ2) is 10.3. The van der Waals surface area contributed by atoms with Gasteiger partial charge < -0.3 is 0 Å². The zero-order chi connectivity index (χ0) is 23.2. The van der Waals surface area contributed by atoms with Crippen LogP contribution in [0.5, 0.6) is 0 Å². The van der Waals surface area contributed by atoms with Crippen molar-refractivity contribution in [1.82, 2.24) is 25.6 Å². The van der Waals surface area contributed by atoms with E-state index in [1.54, 1.807) is 24.3 Å². The van der Waals surface area contributed by atoms with Crippen LogP contribution in [-0.2, 0) is 4.79 Å². The van der Waals surface area contributed by atoms with E-state index in [1.807, 2.05) is 66.1 Å². The maximum absolute atomic E-state index is 12.4. The Hall–Kier alpha value is -3.62. The van der Waals surface area contributed by atoms with E-state index in [-0.39, 0.29) is 17.2 Å². The Kier molecular flexibility index (Phi) is 7.07. The summed E-state index contributed by atoms with van der Waals surface area (Å²) in [4.78, 5) is 24.6. The van der Waals surface area contributed by atoms with Crippen LogP contribution in [0, 0.1) is 6.92 Å². The van der Waals surface area contributed by atoms with Gasteiger partial charge in [0.15, 0.2) is 11.0 Å². The zero-order valence-electron chi connectivity index (χ0n) is 17.7. The molecule has 0 atom stereocenters. The van der Waals surface area contributed by atoms with Gasteiger partial charge in [0.2, 0.25) is 5.91 Å². The highest BCUT2D eigenvalue weighted by Crippen LogP contribution is 2.28. The molecule has 33 heavy (non-hydrogen) atoms. The molecular weight excluding hydrogens is 458 g/mol. The lowest BCUT2D eigenvalue weighted by molar-refractivity contribution is -0.119. The second-order valence-electron chi connectivity index (χ2n) is 7.11. The van der Waals surface area contributed by atoms with Crippen molar-refractivity contribution in [2.75, 3.05) is 5.75 Å². The Morgan fingerprint density at radius 1 is 0.909 bits per heavy atom. The molecule has 0 saturated heterocycles. The molecule has 0 aliphatic heterocycles. The maximum Gasteiger partial charge on any atom is 0.271 e. The lowest BCUT2D eigenvalue weighted by Crippen LogP contribution is -2.42. The van der Waals surface area contributed by atoms with Gasteiger partial charge >= 0.3 is 0 Å². The first-order chi connectivity index (χ1) is 16.0. The molecule has 0 spiro atoms. The lowest BCUT2D eigenvalue weighted by Gasteiger charge is -2.11. The summed E-state index contributed by atoms with van der Waals surface area (Å²) < 4.78 is 1.91. The number of carbonyl (C=O) groups is 2. The number of hydrogen-bond acceptors (Lipinski definition) is 5. The van der Waals surface area contributed by atoms with Crippen molar-refractivity contribution in [3.05, 3.63) is 95.0 Å². The van der Waals surface area contributed by atoms with E-state index < -0.39 is 5.91 Å². The van der Waals surface area contributed by atoms with Gasteiger partial charge in [0.1, 0.15) is 0 Å². The quantitative estimate of drug-likeness (QED) is 0.316. The normalized spacial score (nSPS) is 10.6. The number of hydrogen-bond donors (Lipinski definition) is 2. The molecule has 0 aliphatic rings. The summed E-state index contributed by atoms with van der Waals surface area (Å²) in [5, 5.41) is 9.54. The molecular formula is C24H20ClN5O2S. The Bertz CT molecular complexity index is 1280. The summed E-state index contributed by atoms with van der Waals surface area (Å²) >= 11 is 7.24. The van der Waals surface area contributed by atoms with E-state index in [9.17, 15) is 9.59 Å². The largest absolute Gasteiger partial charge is 0.272 e. The van der Waals surface area contributed by atoms with Crippen molar-refractivity contribution < 1.29 is 9.59 Å². The third-order valence-corrected chi connectivity index (χ3v) is 5.98. The van der Waals surface area contributed by atoms with Gasteiger partial charge in [0, 0.05) is 11.3 Å². The van der Waals surface area contributed by atoms with Gasteiger partial charge in [0.25, 0.3) is 5.91 Å². The monoisotopic (exact) mass is 477 g/mol. The van der Waals surface area contributed by atoms with Crippen molar-refractivity contribution in [3.63, 3.8) is 0 Å². The van der Waals surface area contributed by atoms with Gasteiger partial charge in [-0.3, -0.25) is 25.0 Å². The molecule has 2 amide bonds. The van der Waals surface area contributed by atoms with E-state index in [4.69, 9.17) is 11.6 Å². The Labute approximate surface area is 200 Å². The molecule has 0 bridgehead atoms. The van der Waals surface area contributed by atoms with Crippen LogP contribution >= 0.6 is 23.4 Å². The van der Waals surface area contributed by atoms with Gasteiger partial charge in [-0.15, -0.1) is 10.2 Å². The van der Waals surface area contributed by atoms with Crippen LogP contribution in [0.2, 0.25) is 5.02 Å². The van der Waals surface area contributed by atoms with Gasteiger partial charge in [0.05, 0.1) is 16.3 Å². The Morgan fingerprint density at radius 2 is 1.61 bits per heavy atom. The highest BCUT2D eigenvalue weighted by atomic mass is 35.5. The van der Waals surface area contributed by atoms with Crippen LogP contribution in [0.15, 0.2) is 84.0 Å². The summed E-state index contributed by atoms with van der Waals surface area (Å²) in [6, 6.07) is 24.3. The van der Waals surface area contributed by atoms with Gasteiger partial charge in [-0.2, -0.15) is 0 Å². The average molecular weight is 478 g/mol. The summed E-state index contributed by atoms with van der Waals surface area (Å²) in [7, 11) is 0. The molecule has 0 unspecified atom stereocenters. The fourth-order valence-electron chi connectivity index (χ4n) is 3.07. The Balaban J connectivity index is 1.48. The van der Waals surface area contributed by atoms with E-state index in [0.29, 0.717) is 16.0 Å².